The lowest BCUT2D eigenvalue weighted by Gasteiger charge is -2.10. The van der Waals surface area contributed by atoms with Gasteiger partial charge in [0.1, 0.15) is 24.7 Å². The summed E-state index contributed by atoms with van der Waals surface area (Å²) in [6.45, 7) is 8.08. The molecule has 6 heteroatoms. The molecule has 0 unspecified atom stereocenters. The minimum absolute atomic E-state index is 0.206. The second kappa shape index (κ2) is 14.0. The highest BCUT2D eigenvalue weighted by molar-refractivity contribution is 5.87. The third-order valence-corrected chi connectivity index (χ3v) is 4.96. The van der Waals surface area contributed by atoms with Gasteiger partial charge in [-0.2, -0.15) is 0 Å². The van der Waals surface area contributed by atoms with Crippen molar-refractivity contribution in [3.63, 3.8) is 0 Å². The second-order valence-electron chi connectivity index (χ2n) is 7.74. The minimum atomic E-state index is -0.404. The molecule has 3 aromatic carbocycles. The van der Waals surface area contributed by atoms with Gasteiger partial charge in [0.15, 0.2) is 0 Å². The summed E-state index contributed by atoms with van der Waals surface area (Å²) < 4.78 is 27.5. The van der Waals surface area contributed by atoms with Gasteiger partial charge in [-0.05, 0) is 47.5 Å². The van der Waals surface area contributed by atoms with E-state index >= 15 is 0 Å². The number of rotatable bonds is 15. The van der Waals surface area contributed by atoms with Crippen LogP contribution in [-0.2, 0) is 25.4 Å². The van der Waals surface area contributed by atoms with Crippen molar-refractivity contribution >= 4 is 16.7 Å². The molecule has 0 saturated carbocycles. The highest BCUT2D eigenvalue weighted by Gasteiger charge is 2.03. The van der Waals surface area contributed by atoms with Crippen molar-refractivity contribution in [1.29, 1.82) is 0 Å². The quantitative estimate of drug-likeness (QED) is 0.179. The summed E-state index contributed by atoms with van der Waals surface area (Å²) in [5, 5.41) is 2.20. The number of hydrogen-bond donors (Lipinski definition) is 0. The Morgan fingerprint density at radius 3 is 1.88 bits per heavy atom. The molecule has 0 aromatic heterocycles. The monoisotopic (exact) mass is 464 g/mol. The van der Waals surface area contributed by atoms with Crippen molar-refractivity contribution in [2.24, 2.45) is 0 Å². The zero-order valence-electron chi connectivity index (χ0n) is 19.7. The van der Waals surface area contributed by atoms with Gasteiger partial charge in [-0.3, -0.25) is 0 Å². The molecule has 0 heterocycles. The van der Waals surface area contributed by atoms with E-state index in [9.17, 15) is 4.79 Å². The summed E-state index contributed by atoms with van der Waals surface area (Å²) >= 11 is 0. The minimum Gasteiger partial charge on any atom is -0.493 e. The summed E-state index contributed by atoms with van der Waals surface area (Å²) in [6, 6.07) is 22.4. The van der Waals surface area contributed by atoms with Crippen LogP contribution in [0.1, 0.15) is 12.5 Å². The van der Waals surface area contributed by atoms with Crippen LogP contribution in [0.25, 0.3) is 10.8 Å². The van der Waals surface area contributed by atoms with Gasteiger partial charge in [-0.25, -0.2) is 4.79 Å². The lowest BCUT2D eigenvalue weighted by molar-refractivity contribution is -0.140. The Hall–Kier alpha value is -3.35. The van der Waals surface area contributed by atoms with Gasteiger partial charge in [0.25, 0.3) is 0 Å². The Labute approximate surface area is 201 Å². The Morgan fingerprint density at radius 1 is 0.706 bits per heavy atom. The van der Waals surface area contributed by atoms with E-state index in [-0.39, 0.29) is 6.61 Å². The highest BCUT2D eigenvalue weighted by atomic mass is 16.6. The molecule has 6 nitrogen and oxygen atoms in total. The SMILES string of the molecule is C=C(C)C(=O)OCCOCCOCCOc1ccc2cc(OCCc3ccccc3)ccc2c1. The van der Waals surface area contributed by atoms with Gasteiger partial charge in [0.05, 0.1) is 33.0 Å². The van der Waals surface area contributed by atoms with Crippen LogP contribution in [0.2, 0.25) is 0 Å². The van der Waals surface area contributed by atoms with Gasteiger partial charge in [0.2, 0.25) is 0 Å². The lowest BCUT2D eigenvalue weighted by Crippen LogP contribution is -2.14. The molecule has 180 valence electrons. The fourth-order valence-corrected chi connectivity index (χ4v) is 3.17. The average Bonchev–Trinajstić information content (AvgIpc) is 2.85. The third kappa shape index (κ3) is 8.89. The Bertz CT molecular complexity index is 1050. The zero-order chi connectivity index (χ0) is 24.0. The van der Waals surface area contributed by atoms with Gasteiger partial charge >= 0.3 is 5.97 Å². The van der Waals surface area contributed by atoms with E-state index in [0.717, 1.165) is 28.7 Å². The van der Waals surface area contributed by atoms with Gasteiger partial charge in [0, 0.05) is 12.0 Å². The first-order valence-corrected chi connectivity index (χ1v) is 11.4. The molecule has 0 fully saturated rings. The number of esters is 1. The van der Waals surface area contributed by atoms with E-state index < -0.39 is 5.97 Å². The van der Waals surface area contributed by atoms with Crippen LogP contribution < -0.4 is 9.47 Å². The summed E-state index contributed by atoms with van der Waals surface area (Å²) in [5.41, 5.74) is 1.64. The van der Waals surface area contributed by atoms with Crippen LogP contribution in [0, 0.1) is 0 Å². The molecule has 3 aromatic rings. The van der Waals surface area contributed by atoms with E-state index in [1.807, 2.05) is 54.6 Å². The van der Waals surface area contributed by atoms with E-state index in [2.05, 4.69) is 18.7 Å². The molecule has 0 radical (unpaired) electrons. The first kappa shape index (κ1) is 25.3. The third-order valence-electron chi connectivity index (χ3n) is 4.96. The maximum Gasteiger partial charge on any atom is 0.333 e. The molecule has 0 bridgehead atoms. The standard InChI is InChI=1S/C28H32O6/c1-22(2)28(29)34-19-17-31-15-14-30-16-18-33-27-11-9-24-20-26(10-8-25(24)21-27)32-13-12-23-6-4-3-5-7-23/h3-11,20-21H,1,12-19H2,2H3. The summed E-state index contributed by atoms with van der Waals surface area (Å²) in [4.78, 5) is 11.2. The smallest absolute Gasteiger partial charge is 0.333 e. The van der Waals surface area contributed by atoms with Gasteiger partial charge < -0.3 is 23.7 Å². The first-order valence-electron chi connectivity index (χ1n) is 11.4. The number of hydrogen-bond acceptors (Lipinski definition) is 6. The number of fused-ring (bicyclic) bond motifs is 1. The topological polar surface area (TPSA) is 63.2 Å². The van der Waals surface area contributed by atoms with Crippen LogP contribution in [-0.4, -0.2) is 52.2 Å². The Morgan fingerprint density at radius 2 is 1.26 bits per heavy atom. The summed E-state index contributed by atoms with van der Waals surface area (Å²) in [5.74, 6) is 1.25. The van der Waals surface area contributed by atoms with E-state index in [4.69, 9.17) is 23.7 Å². The largest absolute Gasteiger partial charge is 0.493 e. The van der Waals surface area contributed by atoms with Crippen molar-refractivity contribution < 1.29 is 28.5 Å². The summed E-state index contributed by atoms with van der Waals surface area (Å²) in [6.07, 6.45) is 0.880. The number of carbonyl (C=O) groups excluding carboxylic acids is 1. The van der Waals surface area contributed by atoms with E-state index in [1.54, 1.807) is 6.92 Å². The van der Waals surface area contributed by atoms with E-state index in [0.29, 0.717) is 45.2 Å². The molecule has 0 N–H and O–H groups in total. The number of benzene rings is 3. The molecule has 3 rings (SSSR count). The molecule has 0 aliphatic heterocycles. The van der Waals surface area contributed by atoms with Crippen LogP contribution in [0.4, 0.5) is 0 Å². The normalized spacial score (nSPS) is 10.7. The van der Waals surface area contributed by atoms with Crippen LogP contribution in [0.3, 0.4) is 0 Å². The Kier molecular flexibility index (Phi) is 10.4. The molecular formula is C28H32O6. The number of ether oxygens (including phenoxy) is 5. The fourth-order valence-electron chi connectivity index (χ4n) is 3.17. The van der Waals surface area contributed by atoms with Crippen LogP contribution >= 0.6 is 0 Å². The van der Waals surface area contributed by atoms with Crippen LogP contribution in [0.5, 0.6) is 11.5 Å². The lowest BCUT2D eigenvalue weighted by atomic mass is 10.1. The molecular weight excluding hydrogens is 432 g/mol. The van der Waals surface area contributed by atoms with Gasteiger partial charge in [-0.15, -0.1) is 0 Å². The zero-order valence-corrected chi connectivity index (χ0v) is 19.7. The number of carbonyl (C=O) groups is 1. The van der Waals surface area contributed by atoms with E-state index in [1.165, 1.54) is 5.56 Å². The molecule has 0 aliphatic rings. The first-order chi connectivity index (χ1) is 16.6. The van der Waals surface area contributed by atoms with Gasteiger partial charge in [-0.1, -0.05) is 49.0 Å². The molecule has 0 aliphatic carbocycles. The maximum atomic E-state index is 11.2. The molecule has 0 amide bonds. The van der Waals surface area contributed by atoms with Crippen molar-refractivity contribution in [2.75, 3.05) is 46.2 Å². The predicted octanol–water partition coefficient (Wildman–Crippen LogP) is 4.99. The van der Waals surface area contributed by atoms with Crippen molar-refractivity contribution in [2.45, 2.75) is 13.3 Å². The van der Waals surface area contributed by atoms with Crippen molar-refractivity contribution in [3.8, 4) is 11.5 Å². The van der Waals surface area contributed by atoms with Crippen molar-refractivity contribution in [1.82, 2.24) is 0 Å². The predicted molar refractivity (Wildman–Crippen MR) is 132 cm³/mol. The summed E-state index contributed by atoms with van der Waals surface area (Å²) in [7, 11) is 0. The van der Waals surface area contributed by atoms with Crippen LogP contribution in [0.15, 0.2) is 78.9 Å². The average molecular weight is 465 g/mol. The molecule has 0 saturated heterocycles. The fraction of sp³-hybridized carbons (Fsp3) is 0.321. The maximum absolute atomic E-state index is 11.2. The highest BCUT2D eigenvalue weighted by Crippen LogP contribution is 2.25. The molecule has 34 heavy (non-hydrogen) atoms. The molecule has 0 spiro atoms. The second-order valence-corrected chi connectivity index (χ2v) is 7.74. The molecule has 0 atom stereocenters. The Balaban J connectivity index is 1.29. The van der Waals surface area contributed by atoms with Crippen molar-refractivity contribution in [3.05, 3.63) is 84.4 Å².